The van der Waals surface area contributed by atoms with Crippen molar-refractivity contribution in [1.29, 1.82) is 0 Å². The van der Waals surface area contributed by atoms with E-state index >= 15 is 0 Å². The molecule has 0 aliphatic carbocycles. The molecule has 0 bridgehead atoms. The monoisotopic (exact) mass is 361 g/mol. The topological polar surface area (TPSA) is 80.0 Å². The second-order valence-electron chi connectivity index (χ2n) is 6.48. The molecule has 0 amide bonds. The third-order valence-electron chi connectivity index (χ3n) is 4.62. The maximum absolute atomic E-state index is 9.77. The van der Waals surface area contributed by atoms with Gasteiger partial charge in [-0.2, -0.15) is 5.10 Å². The van der Waals surface area contributed by atoms with Crippen LogP contribution in [0.15, 0.2) is 24.3 Å². The molecule has 7 heteroatoms. The highest BCUT2D eigenvalue weighted by molar-refractivity contribution is 5.37. The number of hydrogen-bond donors (Lipinski definition) is 2. The van der Waals surface area contributed by atoms with Crippen LogP contribution in [-0.2, 0) is 31.0 Å². The van der Waals surface area contributed by atoms with Crippen LogP contribution < -0.4 is 4.74 Å². The molecule has 1 aliphatic heterocycles. The number of fused-ring (bicyclic) bond motifs is 1. The van der Waals surface area contributed by atoms with Gasteiger partial charge in [0.2, 0.25) is 0 Å². The standard InChI is InChI=1S/C19H27N3O4/c1-3-26-13-15-8-14(4-5-19(15)25-2)10-21-6-7-22-16(11-21)9-17(20-22)18(24)12-23/h4-5,8-9,18,23-24H,3,6-7,10-13H2,1-2H3/t18-/m0/s1. The maximum Gasteiger partial charge on any atom is 0.124 e. The number of aromatic nitrogens is 2. The fourth-order valence-electron chi connectivity index (χ4n) is 3.25. The van der Waals surface area contributed by atoms with Crippen LogP contribution in [0.25, 0.3) is 0 Å². The molecule has 0 saturated carbocycles. The van der Waals surface area contributed by atoms with Gasteiger partial charge in [0.1, 0.15) is 11.9 Å². The summed E-state index contributed by atoms with van der Waals surface area (Å²) in [5, 5.41) is 23.2. The molecule has 2 N–H and O–H groups in total. The van der Waals surface area contributed by atoms with Crippen LogP contribution in [0.4, 0.5) is 0 Å². The molecule has 3 rings (SSSR count). The summed E-state index contributed by atoms with van der Waals surface area (Å²) in [5.41, 5.74) is 3.86. The van der Waals surface area contributed by atoms with Crippen molar-refractivity contribution in [2.75, 3.05) is 26.9 Å². The number of methoxy groups -OCH3 is 1. The fraction of sp³-hybridized carbons (Fsp3) is 0.526. The third kappa shape index (κ3) is 4.24. The first kappa shape index (κ1) is 18.8. The summed E-state index contributed by atoms with van der Waals surface area (Å²) in [6.07, 6.45) is -0.913. The molecule has 1 aromatic carbocycles. The number of aliphatic hydroxyl groups is 2. The molecule has 1 atom stereocenters. The number of ether oxygens (including phenoxy) is 2. The molecule has 1 aliphatic rings. The zero-order valence-corrected chi connectivity index (χ0v) is 15.4. The van der Waals surface area contributed by atoms with Gasteiger partial charge in [-0.05, 0) is 30.7 Å². The molecule has 0 spiro atoms. The molecule has 1 aromatic heterocycles. The van der Waals surface area contributed by atoms with Crippen molar-refractivity contribution in [2.45, 2.75) is 39.3 Å². The summed E-state index contributed by atoms with van der Waals surface area (Å²) < 4.78 is 12.9. The van der Waals surface area contributed by atoms with Crippen molar-refractivity contribution in [3.05, 3.63) is 46.8 Å². The van der Waals surface area contributed by atoms with Crippen molar-refractivity contribution in [3.63, 3.8) is 0 Å². The number of hydrogen-bond acceptors (Lipinski definition) is 6. The lowest BCUT2D eigenvalue weighted by Crippen LogP contribution is -2.33. The van der Waals surface area contributed by atoms with Crippen molar-refractivity contribution >= 4 is 0 Å². The molecule has 0 radical (unpaired) electrons. The minimum atomic E-state index is -0.913. The summed E-state index contributed by atoms with van der Waals surface area (Å²) in [5.74, 6) is 0.849. The highest BCUT2D eigenvalue weighted by Crippen LogP contribution is 2.24. The quantitative estimate of drug-likeness (QED) is 0.741. The molecular formula is C19H27N3O4. The Morgan fingerprint density at radius 2 is 2.12 bits per heavy atom. The van der Waals surface area contributed by atoms with Gasteiger partial charge in [0.05, 0.1) is 38.3 Å². The minimum absolute atomic E-state index is 0.311. The normalized spacial score (nSPS) is 15.7. The van der Waals surface area contributed by atoms with Crippen LogP contribution in [-0.4, -0.2) is 51.8 Å². The molecule has 0 fully saturated rings. The van der Waals surface area contributed by atoms with Crippen molar-refractivity contribution in [3.8, 4) is 5.75 Å². The van der Waals surface area contributed by atoms with E-state index in [0.29, 0.717) is 18.9 Å². The second kappa shape index (κ2) is 8.64. The lowest BCUT2D eigenvalue weighted by atomic mass is 10.1. The molecule has 2 aromatic rings. The van der Waals surface area contributed by atoms with Crippen LogP contribution >= 0.6 is 0 Å². The van der Waals surface area contributed by atoms with E-state index in [4.69, 9.17) is 14.6 Å². The SMILES string of the molecule is CCOCc1cc(CN2CCn3nc([C@@H](O)CO)cc3C2)ccc1OC. The average Bonchev–Trinajstić information content (AvgIpc) is 3.09. The Morgan fingerprint density at radius 1 is 1.27 bits per heavy atom. The zero-order valence-electron chi connectivity index (χ0n) is 15.4. The Bertz CT molecular complexity index is 732. The lowest BCUT2D eigenvalue weighted by molar-refractivity contribution is 0.0915. The van der Waals surface area contributed by atoms with E-state index in [1.807, 2.05) is 23.7 Å². The molecule has 2 heterocycles. The highest BCUT2D eigenvalue weighted by Gasteiger charge is 2.21. The first-order valence-corrected chi connectivity index (χ1v) is 8.96. The first-order chi connectivity index (χ1) is 12.6. The Balaban J connectivity index is 1.69. The fourth-order valence-corrected chi connectivity index (χ4v) is 3.25. The summed E-state index contributed by atoms with van der Waals surface area (Å²) in [6.45, 7) is 6.13. The van der Waals surface area contributed by atoms with Gasteiger partial charge in [0.15, 0.2) is 0 Å². The molecular weight excluding hydrogens is 334 g/mol. The predicted octanol–water partition coefficient (Wildman–Crippen LogP) is 1.47. The highest BCUT2D eigenvalue weighted by atomic mass is 16.5. The summed E-state index contributed by atoms with van der Waals surface area (Å²) in [6, 6.07) is 8.09. The zero-order chi connectivity index (χ0) is 18.5. The first-order valence-electron chi connectivity index (χ1n) is 8.96. The van der Waals surface area contributed by atoms with Gasteiger partial charge in [-0.15, -0.1) is 0 Å². The van der Waals surface area contributed by atoms with Crippen LogP contribution in [0.1, 0.15) is 35.5 Å². The minimum Gasteiger partial charge on any atom is -0.496 e. The van der Waals surface area contributed by atoms with Crippen LogP contribution in [0.3, 0.4) is 0 Å². The van der Waals surface area contributed by atoms with E-state index in [1.165, 1.54) is 5.56 Å². The summed E-state index contributed by atoms with van der Waals surface area (Å²) in [7, 11) is 1.68. The van der Waals surface area contributed by atoms with Gasteiger partial charge in [-0.3, -0.25) is 9.58 Å². The second-order valence-corrected chi connectivity index (χ2v) is 6.48. The molecule has 0 unspecified atom stereocenters. The van der Waals surface area contributed by atoms with Gasteiger partial charge in [0.25, 0.3) is 0 Å². The summed E-state index contributed by atoms with van der Waals surface area (Å²) in [4.78, 5) is 2.35. The van der Waals surface area contributed by atoms with E-state index in [9.17, 15) is 5.11 Å². The predicted molar refractivity (Wildman–Crippen MR) is 96.7 cm³/mol. The number of benzene rings is 1. The van der Waals surface area contributed by atoms with Crippen LogP contribution in [0.2, 0.25) is 0 Å². The van der Waals surface area contributed by atoms with Crippen molar-refractivity contribution in [1.82, 2.24) is 14.7 Å². The molecule has 142 valence electrons. The average molecular weight is 361 g/mol. The van der Waals surface area contributed by atoms with E-state index < -0.39 is 6.10 Å². The van der Waals surface area contributed by atoms with Crippen molar-refractivity contribution < 1.29 is 19.7 Å². The van der Waals surface area contributed by atoms with Crippen molar-refractivity contribution in [2.24, 2.45) is 0 Å². The van der Waals surface area contributed by atoms with Gasteiger partial charge < -0.3 is 19.7 Å². The molecule has 7 nitrogen and oxygen atoms in total. The van der Waals surface area contributed by atoms with Gasteiger partial charge in [-0.25, -0.2) is 0 Å². The van der Waals surface area contributed by atoms with Gasteiger partial charge in [-0.1, -0.05) is 6.07 Å². The largest absolute Gasteiger partial charge is 0.496 e. The lowest BCUT2D eigenvalue weighted by Gasteiger charge is -2.27. The van der Waals surface area contributed by atoms with E-state index in [2.05, 4.69) is 22.1 Å². The van der Waals surface area contributed by atoms with Crippen LogP contribution in [0.5, 0.6) is 5.75 Å². The van der Waals surface area contributed by atoms with E-state index in [-0.39, 0.29) is 6.61 Å². The molecule has 0 saturated heterocycles. The Labute approximate surface area is 153 Å². The van der Waals surface area contributed by atoms with E-state index in [0.717, 1.165) is 43.2 Å². The van der Waals surface area contributed by atoms with Gasteiger partial charge >= 0.3 is 0 Å². The summed E-state index contributed by atoms with van der Waals surface area (Å²) >= 11 is 0. The Morgan fingerprint density at radius 3 is 2.85 bits per heavy atom. The Hall–Kier alpha value is -1.93. The number of rotatable bonds is 8. The smallest absolute Gasteiger partial charge is 0.124 e. The Kier molecular flexibility index (Phi) is 6.26. The van der Waals surface area contributed by atoms with Gasteiger partial charge in [0, 0.05) is 31.8 Å². The number of aliphatic hydroxyl groups excluding tert-OH is 2. The van der Waals surface area contributed by atoms with E-state index in [1.54, 1.807) is 7.11 Å². The maximum atomic E-state index is 9.77. The number of nitrogens with zero attached hydrogens (tertiary/aromatic N) is 3. The molecule has 26 heavy (non-hydrogen) atoms. The van der Waals surface area contributed by atoms with Crippen LogP contribution in [0, 0.1) is 0 Å². The third-order valence-corrected chi connectivity index (χ3v) is 4.62.